The van der Waals surface area contributed by atoms with E-state index >= 15 is 0 Å². The summed E-state index contributed by atoms with van der Waals surface area (Å²) in [5.74, 6) is 0.361. The van der Waals surface area contributed by atoms with Gasteiger partial charge in [-0.1, -0.05) is 19.9 Å². The minimum atomic E-state index is -0.231. The monoisotopic (exact) mass is 156 g/mol. The number of carbonyl (C=O) groups excluding carboxylic acids is 1. The zero-order valence-electron chi connectivity index (χ0n) is 7.68. The fraction of sp³-hybridized carbons (Fsp3) is 0.667. The lowest BCUT2D eigenvalue weighted by molar-refractivity contribution is -0.136. The lowest BCUT2D eigenvalue weighted by atomic mass is 10.1. The van der Waals surface area contributed by atoms with Crippen molar-refractivity contribution in [2.24, 2.45) is 5.92 Å². The second kappa shape index (κ2) is 4.94. The van der Waals surface area contributed by atoms with Crippen molar-refractivity contribution in [2.45, 2.75) is 27.2 Å². The van der Waals surface area contributed by atoms with Gasteiger partial charge in [0.25, 0.3) is 0 Å². The molecule has 0 saturated carbocycles. The molecule has 0 aliphatic carbocycles. The predicted molar refractivity (Wildman–Crippen MR) is 45.2 cm³/mol. The molecule has 0 aromatic rings. The maximum absolute atomic E-state index is 10.8. The Morgan fingerprint density at radius 3 is 2.45 bits per heavy atom. The largest absolute Gasteiger partial charge is 0.466 e. The molecule has 0 amide bonds. The van der Waals surface area contributed by atoms with Crippen molar-refractivity contribution in [3.8, 4) is 0 Å². The molecule has 0 rings (SSSR count). The molecule has 0 aromatic heterocycles. The Kier molecular flexibility index (Phi) is 4.59. The van der Waals surface area contributed by atoms with E-state index in [9.17, 15) is 4.79 Å². The van der Waals surface area contributed by atoms with Crippen LogP contribution in [0.1, 0.15) is 27.2 Å². The van der Waals surface area contributed by atoms with Gasteiger partial charge in [0.15, 0.2) is 0 Å². The third kappa shape index (κ3) is 4.59. The zero-order valence-corrected chi connectivity index (χ0v) is 7.68. The fourth-order valence-corrected chi connectivity index (χ4v) is 0.657. The summed E-state index contributed by atoms with van der Waals surface area (Å²) in [6.45, 7) is 6.00. The highest BCUT2D eigenvalue weighted by Gasteiger charge is 2.01. The van der Waals surface area contributed by atoms with Gasteiger partial charge in [0.1, 0.15) is 0 Å². The van der Waals surface area contributed by atoms with E-state index in [0.717, 1.165) is 6.42 Å². The second-order valence-electron chi connectivity index (χ2n) is 3.01. The van der Waals surface area contributed by atoms with Crippen molar-refractivity contribution in [2.75, 3.05) is 7.11 Å². The average Bonchev–Trinajstić information content (AvgIpc) is 1.98. The number of rotatable bonds is 3. The lowest BCUT2D eigenvalue weighted by Crippen LogP contribution is -2.01. The first-order valence-corrected chi connectivity index (χ1v) is 3.83. The van der Waals surface area contributed by atoms with E-state index in [1.54, 1.807) is 6.92 Å². The minimum absolute atomic E-state index is 0.231. The van der Waals surface area contributed by atoms with Gasteiger partial charge >= 0.3 is 5.97 Å². The first-order chi connectivity index (χ1) is 5.07. The number of carbonyl (C=O) groups is 1. The van der Waals surface area contributed by atoms with Crippen molar-refractivity contribution < 1.29 is 9.53 Å². The van der Waals surface area contributed by atoms with Crippen LogP contribution < -0.4 is 0 Å². The van der Waals surface area contributed by atoms with E-state index in [0.29, 0.717) is 11.5 Å². The Morgan fingerprint density at radius 2 is 2.09 bits per heavy atom. The lowest BCUT2D eigenvalue weighted by Gasteiger charge is -2.00. The molecule has 0 unspecified atom stereocenters. The maximum Gasteiger partial charge on any atom is 0.333 e. The molecule has 64 valence electrons. The van der Waals surface area contributed by atoms with Crippen LogP contribution in [-0.2, 0) is 9.53 Å². The van der Waals surface area contributed by atoms with Crippen LogP contribution in [0, 0.1) is 5.92 Å². The first-order valence-electron chi connectivity index (χ1n) is 3.83. The predicted octanol–water partition coefficient (Wildman–Crippen LogP) is 2.15. The number of ether oxygens (including phenoxy) is 1. The van der Waals surface area contributed by atoms with Crippen LogP contribution >= 0.6 is 0 Å². The highest BCUT2D eigenvalue weighted by Crippen LogP contribution is 2.04. The number of hydrogen-bond acceptors (Lipinski definition) is 2. The van der Waals surface area contributed by atoms with Gasteiger partial charge in [-0.3, -0.25) is 0 Å². The molecule has 11 heavy (non-hydrogen) atoms. The molecule has 0 bridgehead atoms. The Labute approximate surface area is 68.2 Å². The number of hydrogen-bond donors (Lipinski definition) is 0. The summed E-state index contributed by atoms with van der Waals surface area (Å²) in [6.07, 6.45) is 2.84. The van der Waals surface area contributed by atoms with Gasteiger partial charge < -0.3 is 4.74 Å². The number of methoxy groups -OCH3 is 1. The highest BCUT2D eigenvalue weighted by atomic mass is 16.5. The van der Waals surface area contributed by atoms with E-state index < -0.39 is 0 Å². The van der Waals surface area contributed by atoms with Crippen LogP contribution in [0.15, 0.2) is 11.6 Å². The molecule has 0 aliphatic heterocycles. The minimum Gasteiger partial charge on any atom is -0.466 e. The molecule has 0 spiro atoms. The molecule has 0 radical (unpaired) electrons. The summed E-state index contributed by atoms with van der Waals surface area (Å²) < 4.78 is 4.54. The highest BCUT2D eigenvalue weighted by molar-refractivity contribution is 5.87. The zero-order chi connectivity index (χ0) is 8.85. The molecule has 0 N–H and O–H groups in total. The molecular formula is C9H16O2. The van der Waals surface area contributed by atoms with E-state index in [-0.39, 0.29) is 5.97 Å². The SMILES string of the molecule is COC(=O)C(C)=CCC(C)C. The fourth-order valence-electron chi connectivity index (χ4n) is 0.657. The van der Waals surface area contributed by atoms with Crippen molar-refractivity contribution in [3.05, 3.63) is 11.6 Å². The Balaban J connectivity index is 3.90. The number of allylic oxidation sites excluding steroid dienone is 1. The van der Waals surface area contributed by atoms with Crippen molar-refractivity contribution in [1.29, 1.82) is 0 Å². The van der Waals surface area contributed by atoms with Crippen LogP contribution in [0.2, 0.25) is 0 Å². The molecular weight excluding hydrogens is 140 g/mol. The normalized spacial score (nSPS) is 11.9. The Morgan fingerprint density at radius 1 is 1.55 bits per heavy atom. The molecule has 0 saturated heterocycles. The smallest absolute Gasteiger partial charge is 0.333 e. The third-order valence-electron chi connectivity index (χ3n) is 1.40. The summed E-state index contributed by atoms with van der Waals surface area (Å²) in [7, 11) is 1.40. The van der Waals surface area contributed by atoms with Gasteiger partial charge in [0.05, 0.1) is 7.11 Å². The molecule has 2 nitrogen and oxygen atoms in total. The summed E-state index contributed by atoms with van der Waals surface area (Å²) in [5.41, 5.74) is 0.696. The van der Waals surface area contributed by atoms with Crippen molar-refractivity contribution in [1.82, 2.24) is 0 Å². The quantitative estimate of drug-likeness (QED) is 0.462. The van der Waals surface area contributed by atoms with E-state index in [4.69, 9.17) is 0 Å². The Bertz CT molecular complexity index is 157. The van der Waals surface area contributed by atoms with Gasteiger partial charge in [0.2, 0.25) is 0 Å². The van der Waals surface area contributed by atoms with Gasteiger partial charge in [-0.25, -0.2) is 4.79 Å². The van der Waals surface area contributed by atoms with Crippen LogP contribution in [0.3, 0.4) is 0 Å². The molecule has 0 atom stereocenters. The van der Waals surface area contributed by atoms with Crippen molar-refractivity contribution in [3.63, 3.8) is 0 Å². The summed E-state index contributed by atoms with van der Waals surface area (Å²) in [4.78, 5) is 10.8. The summed E-state index contributed by atoms with van der Waals surface area (Å²) >= 11 is 0. The second-order valence-corrected chi connectivity index (χ2v) is 3.01. The third-order valence-corrected chi connectivity index (χ3v) is 1.40. The van der Waals surface area contributed by atoms with Crippen LogP contribution in [0.4, 0.5) is 0 Å². The summed E-state index contributed by atoms with van der Waals surface area (Å²) in [6, 6.07) is 0. The topological polar surface area (TPSA) is 26.3 Å². The van der Waals surface area contributed by atoms with Gasteiger partial charge in [-0.15, -0.1) is 0 Å². The van der Waals surface area contributed by atoms with E-state index in [1.165, 1.54) is 7.11 Å². The van der Waals surface area contributed by atoms with Crippen LogP contribution in [0.25, 0.3) is 0 Å². The summed E-state index contributed by atoms with van der Waals surface area (Å²) in [5, 5.41) is 0. The average molecular weight is 156 g/mol. The molecule has 0 aliphatic rings. The number of esters is 1. The molecule has 0 aromatic carbocycles. The van der Waals surface area contributed by atoms with Crippen LogP contribution in [0.5, 0.6) is 0 Å². The molecule has 2 heteroatoms. The standard InChI is InChI=1S/C9H16O2/c1-7(2)5-6-8(3)9(10)11-4/h6-7H,5H2,1-4H3. The Hall–Kier alpha value is -0.790. The van der Waals surface area contributed by atoms with Crippen molar-refractivity contribution >= 4 is 5.97 Å². The van der Waals surface area contributed by atoms with Gasteiger partial charge in [-0.2, -0.15) is 0 Å². The first kappa shape index (κ1) is 10.2. The molecule has 0 heterocycles. The van der Waals surface area contributed by atoms with Gasteiger partial charge in [-0.05, 0) is 19.3 Å². The van der Waals surface area contributed by atoms with E-state index in [2.05, 4.69) is 18.6 Å². The van der Waals surface area contributed by atoms with Gasteiger partial charge in [0, 0.05) is 5.57 Å². The van der Waals surface area contributed by atoms with Crippen LogP contribution in [-0.4, -0.2) is 13.1 Å². The van der Waals surface area contributed by atoms with E-state index in [1.807, 2.05) is 6.08 Å². The maximum atomic E-state index is 10.8. The molecule has 0 fully saturated rings.